The van der Waals surface area contributed by atoms with Gasteiger partial charge in [0.05, 0.1) is 11.0 Å². The molecule has 1 aliphatic heterocycles. The van der Waals surface area contributed by atoms with Crippen molar-refractivity contribution < 1.29 is 14.3 Å². The fraction of sp³-hybridized carbons (Fsp3) is 0.619. The fourth-order valence-corrected chi connectivity index (χ4v) is 3.88. The summed E-state index contributed by atoms with van der Waals surface area (Å²) < 4.78 is 5.50. The summed E-state index contributed by atoms with van der Waals surface area (Å²) in [7, 11) is 0. The fourth-order valence-electron chi connectivity index (χ4n) is 3.76. The first-order chi connectivity index (χ1) is 12.5. The molecule has 0 aromatic heterocycles. The first-order valence-corrected chi connectivity index (χ1v) is 9.98. The van der Waals surface area contributed by atoms with E-state index < -0.39 is 16.6 Å². The molecule has 1 N–H and O–H groups in total. The molecule has 3 rings (SSSR count). The van der Waals surface area contributed by atoms with Gasteiger partial charge in [-0.25, -0.2) is 4.79 Å². The monoisotopic (exact) mass is 392 g/mol. The second kappa shape index (κ2) is 7.01. The van der Waals surface area contributed by atoms with Gasteiger partial charge in [-0.05, 0) is 71.1 Å². The number of benzene rings is 1. The molecular formula is C21H29ClN2O3. The summed E-state index contributed by atoms with van der Waals surface area (Å²) in [5, 5.41) is 3.91. The number of nitrogens with one attached hydrogen (secondary N) is 1. The lowest BCUT2D eigenvalue weighted by Crippen LogP contribution is -2.59. The Hall–Kier alpha value is -1.75. The Labute approximate surface area is 166 Å². The Morgan fingerprint density at radius 3 is 2.33 bits per heavy atom. The van der Waals surface area contributed by atoms with Gasteiger partial charge in [-0.1, -0.05) is 23.7 Å². The standard InChI is InChI=1S/C21H29ClN2O3/c1-19(2,3)27-18(26)24-13-5-10-20(4,14-24)23-17(25)21(11-12-21)15-6-8-16(22)9-7-15/h6-9H,5,10-14H2,1-4H3,(H,23,25). The number of hydrogen-bond donors (Lipinski definition) is 1. The number of carbonyl (C=O) groups is 2. The van der Waals surface area contributed by atoms with Crippen molar-refractivity contribution in [1.29, 1.82) is 0 Å². The Balaban J connectivity index is 1.68. The van der Waals surface area contributed by atoms with E-state index in [1.165, 1.54) is 0 Å². The minimum Gasteiger partial charge on any atom is -0.444 e. The zero-order valence-corrected chi connectivity index (χ0v) is 17.4. The van der Waals surface area contributed by atoms with Crippen LogP contribution in [0.5, 0.6) is 0 Å². The van der Waals surface area contributed by atoms with Crippen molar-refractivity contribution in [3.05, 3.63) is 34.9 Å². The van der Waals surface area contributed by atoms with Crippen molar-refractivity contribution >= 4 is 23.6 Å². The molecule has 1 aromatic carbocycles. The second-order valence-corrected chi connectivity index (χ2v) is 9.55. The second-order valence-electron chi connectivity index (χ2n) is 9.11. The number of hydrogen-bond acceptors (Lipinski definition) is 3. The summed E-state index contributed by atoms with van der Waals surface area (Å²) in [6, 6.07) is 7.53. The van der Waals surface area contributed by atoms with Gasteiger partial charge in [-0.2, -0.15) is 0 Å². The first kappa shape index (κ1) is 20.0. The molecule has 6 heteroatoms. The van der Waals surface area contributed by atoms with Gasteiger partial charge in [0.2, 0.25) is 5.91 Å². The first-order valence-electron chi connectivity index (χ1n) is 9.60. The maximum absolute atomic E-state index is 13.1. The molecule has 1 saturated heterocycles. The van der Waals surface area contributed by atoms with E-state index in [1.807, 2.05) is 52.0 Å². The van der Waals surface area contributed by atoms with Gasteiger partial charge >= 0.3 is 6.09 Å². The van der Waals surface area contributed by atoms with Gasteiger partial charge in [0, 0.05) is 18.1 Å². The smallest absolute Gasteiger partial charge is 0.410 e. The van der Waals surface area contributed by atoms with Crippen LogP contribution in [0.1, 0.15) is 58.9 Å². The molecule has 0 radical (unpaired) electrons. The summed E-state index contributed by atoms with van der Waals surface area (Å²) in [5.74, 6) is 0.0401. The van der Waals surface area contributed by atoms with Crippen molar-refractivity contribution in [3.63, 3.8) is 0 Å². The molecule has 0 spiro atoms. The molecule has 2 aliphatic rings. The lowest BCUT2D eigenvalue weighted by molar-refractivity contribution is -0.126. The average Bonchev–Trinajstić information content (AvgIpc) is 3.35. The van der Waals surface area contributed by atoms with Gasteiger partial charge in [0.1, 0.15) is 5.60 Å². The lowest BCUT2D eigenvalue weighted by Gasteiger charge is -2.42. The highest BCUT2D eigenvalue weighted by atomic mass is 35.5. The molecule has 148 valence electrons. The lowest BCUT2D eigenvalue weighted by atomic mass is 9.88. The van der Waals surface area contributed by atoms with Crippen LogP contribution in [0.2, 0.25) is 5.02 Å². The van der Waals surface area contributed by atoms with Gasteiger partial charge < -0.3 is 15.0 Å². The zero-order chi connectivity index (χ0) is 19.9. The number of halogens is 1. The molecule has 1 aliphatic carbocycles. The number of amides is 2. The number of piperidine rings is 1. The Bertz CT molecular complexity index is 722. The van der Waals surface area contributed by atoms with Crippen LogP contribution in [0.3, 0.4) is 0 Å². The maximum atomic E-state index is 13.1. The largest absolute Gasteiger partial charge is 0.444 e. The third-order valence-corrected chi connectivity index (χ3v) is 5.60. The van der Waals surface area contributed by atoms with E-state index in [0.717, 1.165) is 31.2 Å². The maximum Gasteiger partial charge on any atom is 0.410 e. The number of carbonyl (C=O) groups excluding carboxylic acids is 2. The van der Waals surface area contributed by atoms with Crippen molar-refractivity contribution in [1.82, 2.24) is 10.2 Å². The van der Waals surface area contributed by atoms with E-state index in [-0.39, 0.29) is 12.0 Å². The quantitative estimate of drug-likeness (QED) is 0.835. The molecule has 27 heavy (non-hydrogen) atoms. The molecule has 2 amide bonds. The van der Waals surface area contributed by atoms with Gasteiger partial charge in [0.25, 0.3) is 0 Å². The van der Waals surface area contributed by atoms with Crippen LogP contribution < -0.4 is 5.32 Å². The van der Waals surface area contributed by atoms with Gasteiger partial charge in [-0.15, -0.1) is 0 Å². The number of rotatable bonds is 3. The topological polar surface area (TPSA) is 58.6 Å². The molecule has 1 atom stereocenters. The van der Waals surface area contributed by atoms with E-state index in [0.29, 0.717) is 18.1 Å². The summed E-state index contributed by atoms with van der Waals surface area (Å²) in [5.41, 5.74) is -0.426. The number of ether oxygens (including phenoxy) is 1. The van der Waals surface area contributed by atoms with Crippen LogP contribution >= 0.6 is 11.6 Å². The van der Waals surface area contributed by atoms with E-state index in [9.17, 15) is 9.59 Å². The third-order valence-electron chi connectivity index (χ3n) is 5.34. The van der Waals surface area contributed by atoms with Gasteiger partial charge in [-0.3, -0.25) is 4.79 Å². The van der Waals surface area contributed by atoms with Crippen molar-refractivity contribution in [2.45, 2.75) is 69.9 Å². The Kier molecular flexibility index (Phi) is 5.19. The van der Waals surface area contributed by atoms with E-state index in [2.05, 4.69) is 5.32 Å². The van der Waals surface area contributed by atoms with Crippen LogP contribution in [0.25, 0.3) is 0 Å². The number of nitrogens with zero attached hydrogens (tertiary/aromatic N) is 1. The normalized spacial score (nSPS) is 24.3. The molecule has 1 heterocycles. The highest BCUT2D eigenvalue weighted by molar-refractivity contribution is 6.30. The SMILES string of the molecule is CC1(NC(=O)C2(c3ccc(Cl)cc3)CC2)CCCN(C(=O)OC(C)(C)C)C1. The molecule has 0 bridgehead atoms. The van der Waals surface area contributed by atoms with Crippen molar-refractivity contribution in [2.24, 2.45) is 0 Å². The predicted molar refractivity (Wildman–Crippen MR) is 106 cm³/mol. The Morgan fingerprint density at radius 2 is 1.78 bits per heavy atom. The van der Waals surface area contributed by atoms with Crippen LogP contribution in [0.4, 0.5) is 4.79 Å². The number of likely N-dealkylation sites (tertiary alicyclic amines) is 1. The van der Waals surface area contributed by atoms with Crippen molar-refractivity contribution in [2.75, 3.05) is 13.1 Å². The summed E-state index contributed by atoms with van der Waals surface area (Å²) in [6.45, 7) is 8.71. The van der Waals surface area contributed by atoms with Gasteiger partial charge in [0.15, 0.2) is 0 Å². The summed E-state index contributed by atoms with van der Waals surface area (Å²) >= 11 is 5.98. The minimum absolute atomic E-state index is 0.0401. The summed E-state index contributed by atoms with van der Waals surface area (Å²) in [4.78, 5) is 27.2. The van der Waals surface area contributed by atoms with Crippen LogP contribution in [0.15, 0.2) is 24.3 Å². The van der Waals surface area contributed by atoms with E-state index in [1.54, 1.807) is 4.90 Å². The zero-order valence-electron chi connectivity index (χ0n) is 16.6. The van der Waals surface area contributed by atoms with E-state index >= 15 is 0 Å². The molecule has 5 nitrogen and oxygen atoms in total. The van der Waals surface area contributed by atoms with Crippen LogP contribution in [0, 0.1) is 0 Å². The van der Waals surface area contributed by atoms with Crippen LogP contribution in [-0.4, -0.2) is 41.1 Å². The highest BCUT2D eigenvalue weighted by Crippen LogP contribution is 2.49. The molecular weight excluding hydrogens is 364 g/mol. The third kappa shape index (κ3) is 4.57. The average molecular weight is 393 g/mol. The highest BCUT2D eigenvalue weighted by Gasteiger charge is 2.53. The predicted octanol–water partition coefficient (Wildman–Crippen LogP) is 4.28. The molecule has 1 unspecified atom stereocenters. The Morgan fingerprint density at radius 1 is 1.15 bits per heavy atom. The summed E-state index contributed by atoms with van der Waals surface area (Å²) in [6.07, 6.45) is 3.04. The molecule has 1 saturated carbocycles. The minimum atomic E-state index is -0.527. The molecule has 2 fully saturated rings. The van der Waals surface area contributed by atoms with Crippen molar-refractivity contribution in [3.8, 4) is 0 Å². The van der Waals surface area contributed by atoms with E-state index in [4.69, 9.17) is 16.3 Å². The molecule has 1 aromatic rings. The van der Waals surface area contributed by atoms with Crippen LogP contribution in [-0.2, 0) is 14.9 Å².